The molecule has 1 N–H and O–H groups in total. The third-order valence-electron chi connectivity index (χ3n) is 2.52. The van der Waals surface area contributed by atoms with Crippen LogP contribution in [0.2, 0.25) is 25.7 Å². The van der Waals surface area contributed by atoms with Crippen molar-refractivity contribution in [2.24, 2.45) is 4.99 Å². The van der Waals surface area contributed by atoms with Crippen LogP contribution in [-0.2, 0) is 4.74 Å². The summed E-state index contributed by atoms with van der Waals surface area (Å²) in [6, 6.07) is 1.19. The minimum Gasteiger partial charge on any atom is -0.361 e. The second-order valence-electron chi connectivity index (χ2n) is 5.23. The molecule has 100 valence electrons. The van der Waals surface area contributed by atoms with Crippen molar-refractivity contribution in [2.45, 2.75) is 46.0 Å². The first-order chi connectivity index (χ1) is 7.94. The van der Waals surface area contributed by atoms with E-state index in [1.807, 2.05) is 6.92 Å². The standard InChI is InChI=1S/C12H27N3OSi/c1-6-12(14-10-13)15(7-2)11-16-8-9-17(3,4)5/h10,13H,6-9,11H2,1-5H3. The summed E-state index contributed by atoms with van der Waals surface area (Å²) in [7, 11) is -1.00. The Bertz CT molecular complexity index is 249. The molecule has 0 aromatic heterocycles. The van der Waals surface area contributed by atoms with Crippen LogP contribution in [0, 0.1) is 5.41 Å². The number of ether oxygens (including phenoxy) is 1. The number of nitrogens with one attached hydrogen (secondary N) is 1. The maximum absolute atomic E-state index is 7.03. The van der Waals surface area contributed by atoms with E-state index in [9.17, 15) is 0 Å². The molecule has 0 saturated carbocycles. The smallest absolute Gasteiger partial charge is 0.119 e. The van der Waals surface area contributed by atoms with Crippen LogP contribution < -0.4 is 0 Å². The first kappa shape index (κ1) is 16.3. The van der Waals surface area contributed by atoms with Crippen LogP contribution in [0.5, 0.6) is 0 Å². The lowest BCUT2D eigenvalue weighted by Crippen LogP contribution is -2.33. The Labute approximate surface area is 107 Å². The predicted molar refractivity (Wildman–Crippen MR) is 77.9 cm³/mol. The molecule has 5 heteroatoms. The molecule has 0 aliphatic rings. The first-order valence-electron chi connectivity index (χ1n) is 6.33. The van der Waals surface area contributed by atoms with Crippen molar-refractivity contribution in [1.29, 1.82) is 5.41 Å². The zero-order chi connectivity index (χ0) is 13.3. The summed E-state index contributed by atoms with van der Waals surface area (Å²) in [6.45, 7) is 13.5. The molecule has 0 aromatic rings. The molecule has 0 aliphatic heterocycles. The van der Waals surface area contributed by atoms with Crippen LogP contribution in [0.25, 0.3) is 0 Å². The summed E-state index contributed by atoms with van der Waals surface area (Å²) < 4.78 is 5.70. The van der Waals surface area contributed by atoms with Crippen molar-refractivity contribution in [3.8, 4) is 0 Å². The number of amidine groups is 1. The van der Waals surface area contributed by atoms with Crippen molar-refractivity contribution < 1.29 is 4.74 Å². The zero-order valence-electron chi connectivity index (χ0n) is 11.9. The number of nitrogens with zero attached hydrogens (tertiary/aromatic N) is 2. The highest BCUT2D eigenvalue weighted by Crippen LogP contribution is 2.08. The fourth-order valence-electron chi connectivity index (χ4n) is 1.37. The highest BCUT2D eigenvalue weighted by Gasteiger charge is 2.13. The molecule has 0 aromatic carbocycles. The Morgan fingerprint density at radius 1 is 1.35 bits per heavy atom. The first-order valence-corrected chi connectivity index (χ1v) is 10.0. The molecule has 0 unspecified atom stereocenters. The molecule has 0 fully saturated rings. The third-order valence-corrected chi connectivity index (χ3v) is 4.22. The van der Waals surface area contributed by atoms with Gasteiger partial charge in [0, 0.05) is 27.6 Å². The molecular formula is C12H27N3OSi. The maximum Gasteiger partial charge on any atom is 0.119 e. The van der Waals surface area contributed by atoms with Crippen LogP contribution >= 0.6 is 0 Å². The molecule has 4 nitrogen and oxygen atoms in total. The van der Waals surface area contributed by atoms with E-state index >= 15 is 0 Å². The van der Waals surface area contributed by atoms with E-state index in [1.165, 1.54) is 6.04 Å². The molecule has 0 saturated heterocycles. The zero-order valence-corrected chi connectivity index (χ0v) is 12.9. The van der Waals surface area contributed by atoms with E-state index in [-0.39, 0.29) is 0 Å². The molecular weight excluding hydrogens is 230 g/mol. The minimum atomic E-state index is -1.00. The second-order valence-corrected chi connectivity index (χ2v) is 10.9. The van der Waals surface area contributed by atoms with Crippen molar-refractivity contribution in [3.63, 3.8) is 0 Å². The number of hydrogen-bond acceptors (Lipinski definition) is 2. The van der Waals surface area contributed by atoms with E-state index in [0.717, 1.165) is 31.7 Å². The quantitative estimate of drug-likeness (QED) is 0.239. The normalized spacial score (nSPS) is 12.6. The van der Waals surface area contributed by atoms with Gasteiger partial charge in [-0.3, -0.25) is 5.41 Å². The van der Waals surface area contributed by atoms with Crippen molar-refractivity contribution >= 4 is 20.2 Å². The van der Waals surface area contributed by atoms with E-state index in [1.54, 1.807) is 0 Å². The van der Waals surface area contributed by atoms with Gasteiger partial charge in [0.05, 0.1) is 0 Å². The Hall–Kier alpha value is -0.683. The molecule has 0 aliphatic carbocycles. The van der Waals surface area contributed by atoms with E-state index in [0.29, 0.717) is 6.73 Å². The van der Waals surface area contributed by atoms with Gasteiger partial charge >= 0.3 is 0 Å². The van der Waals surface area contributed by atoms with Gasteiger partial charge in [-0.05, 0) is 13.0 Å². The van der Waals surface area contributed by atoms with Gasteiger partial charge in [0.1, 0.15) is 18.9 Å². The molecule has 17 heavy (non-hydrogen) atoms. The predicted octanol–water partition coefficient (Wildman–Crippen LogP) is 3.04. The summed E-state index contributed by atoms with van der Waals surface area (Å²) in [5.41, 5.74) is 0. The maximum atomic E-state index is 7.03. The highest BCUT2D eigenvalue weighted by atomic mass is 28.3. The van der Waals surface area contributed by atoms with Crippen molar-refractivity contribution in [1.82, 2.24) is 4.90 Å². The Morgan fingerprint density at radius 2 is 2.00 bits per heavy atom. The van der Waals surface area contributed by atoms with Gasteiger partial charge in [-0.2, -0.15) is 0 Å². The van der Waals surface area contributed by atoms with Crippen molar-refractivity contribution in [3.05, 3.63) is 0 Å². The number of hydrogen-bond donors (Lipinski definition) is 1. The molecule has 0 amide bonds. The summed E-state index contributed by atoms with van der Waals surface area (Å²) in [5.74, 6) is 0.926. The van der Waals surface area contributed by atoms with Crippen LogP contribution in [0.15, 0.2) is 4.99 Å². The summed E-state index contributed by atoms with van der Waals surface area (Å²) in [5, 5.41) is 7.03. The minimum absolute atomic E-state index is 0.585. The van der Waals surface area contributed by atoms with Crippen LogP contribution in [0.3, 0.4) is 0 Å². The lowest BCUT2D eigenvalue weighted by atomic mass is 10.4. The Morgan fingerprint density at radius 3 is 2.41 bits per heavy atom. The number of rotatable bonds is 8. The van der Waals surface area contributed by atoms with E-state index in [4.69, 9.17) is 10.1 Å². The second kappa shape index (κ2) is 8.41. The molecule has 0 bridgehead atoms. The summed E-state index contributed by atoms with van der Waals surface area (Å²) >= 11 is 0. The number of aliphatic imine (C=N–C) groups is 1. The van der Waals surface area contributed by atoms with Crippen molar-refractivity contribution in [2.75, 3.05) is 19.9 Å². The Balaban J connectivity index is 4.06. The molecule has 0 radical (unpaired) electrons. The van der Waals surface area contributed by atoms with Gasteiger partial charge in [0.25, 0.3) is 0 Å². The average molecular weight is 257 g/mol. The van der Waals surface area contributed by atoms with Gasteiger partial charge < -0.3 is 9.64 Å². The Kier molecular flexibility index (Phi) is 8.08. The average Bonchev–Trinajstić information content (AvgIpc) is 2.25. The van der Waals surface area contributed by atoms with E-state index in [2.05, 4.69) is 36.5 Å². The van der Waals surface area contributed by atoms with E-state index < -0.39 is 8.07 Å². The summed E-state index contributed by atoms with van der Waals surface area (Å²) in [4.78, 5) is 6.13. The van der Waals surface area contributed by atoms with Gasteiger partial charge in [0.2, 0.25) is 0 Å². The van der Waals surface area contributed by atoms with Crippen LogP contribution in [0.4, 0.5) is 0 Å². The van der Waals surface area contributed by atoms with Crippen LogP contribution in [0.1, 0.15) is 20.3 Å². The molecule has 0 rings (SSSR count). The van der Waals surface area contributed by atoms with Gasteiger partial charge in [-0.1, -0.05) is 26.6 Å². The third kappa shape index (κ3) is 8.10. The van der Waals surface area contributed by atoms with Crippen LogP contribution in [-0.4, -0.2) is 45.0 Å². The van der Waals surface area contributed by atoms with Gasteiger partial charge in [-0.25, -0.2) is 4.99 Å². The lowest BCUT2D eigenvalue weighted by Gasteiger charge is -2.24. The topological polar surface area (TPSA) is 48.7 Å². The van der Waals surface area contributed by atoms with Gasteiger partial charge in [0.15, 0.2) is 0 Å². The molecule has 0 heterocycles. The largest absolute Gasteiger partial charge is 0.361 e. The highest BCUT2D eigenvalue weighted by molar-refractivity contribution is 6.76. The fraction of sp³-hybridized carbons (Fsp3) is 0.833. The summed E-state index contributed by atoms with van der Waals surface area (Å²) in [6.07, 6.45) is 1.93. The molecule has 0 spiro atoms. The fourth-order valence-corrected chi connectivity index (χ4v) is 2.13. The monoisotopic (exact) mass is 257 g/mol. The lowest BCUT2D eigenvalue weighted by molar-refractivity contribution is 0.0749. The van der Waals surface area contributed by atoms with Gasteiger partial charge in [-0.15, -0.1) is 0 Å². The SMILES string of the molecule is CCC(=NC=N)N(CC)COCC[Si](C)(C)C. The molecule has 0 atom stereocenters.